The van der Waals surface area contributed by atoms with Crippen molar-refractivity contribution in [3.05, 3.63) is 0 Å². The normalized spacial score (nSPS) is 29.2. The molecule has 96 valence electrons. The van der Waals surface area contributed by atoms with E-state index in [1.807, 2.05) is 0 Å². The number of nitrogens with zero attached hydrogens (tertiary/aromatic N) is 1. The summed E-state index contributed by atoms with van der Waals surface area (Å²) < 4.78 is 0. The summed E-state index contributed by atoms with van der Waals surface area (Å²) in [6, 6.07) is 0.698. The first kappa shape index (κ1) is 12.9. The Balaban J connectivity index is 1.90. The molecule has 1 aliphatic carbocycles. The van der Waals surface area contributed by atoms with Crippen molar-refractivity contribution in [1.29, 1.82) is 0 Å². The highest BCUT2D eigenvalue weighted by Crippen LogP contribution is 2.29. The number of terminal acetylenes is 1. The number of hydrazine groups is 1. The Hall–Kier alpha value is -0.520. The third-order valence-electron chi connectivity index (χ3n) is 4.36. The van der Waals surface area contributed by atoms with E-state index in [2.05, 4.69) is 16.4 Å². The monoisotopic (exact) mass is 234 g/mol. The van der Waals surface area contributed by atoms with E-state index in [9.17, 15) is 0 Å². The third-order valence-corrected chi connectivity index (χ3v) is 4.36. The molecule has 0 bridgehead atoms. The molecule has 0 spiro atoms. The Morgan fingerprint density at radius 1 is 1.00 bits per heavy atom. The van der Waals surface area contributed by atoms with Crippen molar-refractivity contribution in [2.45, 2.75) is 63.8 Å². The Kier molecular flexibility index (Phi) is 5.35. The molecule has 2 nitrogen and oxygen atoms in total. The molecule has 2 heteroatoms. The molecule has 17 heavy (non-hydrogen) atoms. The van der Waals surface area contributed by atoms with Crippen LogP contribution in [0.15, 0.2) is 0 Å². The SMILES string of the molecule is C#CCN1NCCC1C1CCCCCCCC1. The van der Waals surface area contributed by atoms with Gasteiger partial charge in [0.2, 0.25) is 0 Å². The number of rotatable bonds is 2. The molecule has 0 amide bonds. The minimum absolute atomic E-state index is 0.698. The molecule has 1 saturated heterocycles. The summed E-state index contributed by atoms with van der Waals surface area (Å²) in [6.07, 6.45) is 18.2. The predicted molar refractivity (Wildman–Crippen MR) is 72.4 cm³/mol. The van der Waals surface area contributed by atoms with Gasteiger partial charge in [0.05, 0.1) is 6.54 Å². The van der Waals surface area contributed by atoms with Crippen molar-refractivity contribution in [2.75, 3.05) is 13.1 Å². The Morgan fingerprint density at radius 3 is 2.29 bits per heavy atom. The van der Waals surface area contributed by atoms with Gasteiger partial charge >= 0.3 is 0 Å². The van der Waals surface area contributed by atoms with Crippen LogP contribution in [-0.4, -0.2) is 24.1 Å². The molecule has 0 radical (unpaired) electrons. The van der Waals surface area contributed by atoms with E-state index in [0.717, 1.165) is 19.0 Å². The van der Waals surface area contributed by atoms with Crippen LogP contribution in [0.25, 0.3) is 0 Å². The van der Waals surface area contributed by atoms with E-state index in [-0.39, 0.29) is 0 Å². The van der Waals surface area contributed by atoms with Gasteiger partial charge in [-0.3, -0.25) is 5.43 Å². The van der Waals surface area contributed by atoms with Crippen molar-refractivity contribution < 1.29 is 0 Å². The van der Waals surface area contributed by atoms with Gasteiger partial charge in [0.1, 0.15) is 0 Å². The summed E-state index contributed by atoms with van der Waals surface area (Å²) in [6.45, 7) is 1.88. The standard InChI is InChI=1S/C15H26N2/c1-2-13-17-15(11-12-16-17)14-9-7-5-3-4-6-8-10-14/h1,14-16H,3-13H2. The first-order valence-corrected chi connectivity index (χ1v) is 7.35. The highest BCUT2D eigenvalue weighted by atomic mass is 15.5. The molecule has 2 fully saturated rings. The van der Waals surface area contributed by atoms with Gasteiger partial charge in [0.15, 0.2) is 0 Å². The van der Waals surface area contributed by atoms with Gasteiger partial charge in [-0.25, -0.2) is 5.01 Å². The van der Waals surface area contributed by atoms with Crippen molar-refractivity contribution in [1.82, 2.24) is 10.4 Å². The van der Waals surface area contributed by atoms with Crippen molar-refractivity contribution >= 4 is 0 Å². The first-order chi connectivity index (χ1) is 8.42. The van der Waals surface area contributed by atoms with Gasteiger partial charge in [0, 0.05) is 12.6 Å². The molecule has 2 aliphatic rings. The lowest BCUT2D eigenvalue weighted by Crippen LogP contribution is -2.41. The summed E-state index contributed by atoms with van der Waals surface area (Å²) in [5.41, 5.74) is 3.45. The third kappa shape index (κ3) is 3.72. The van der Waals surface area contributed by atoms with E-state index in [1.54, 1.807) is 0 Å². The average molecular weight is 234 g/mol. The fraction of sp³-hybridized carbons (Fsp3) is 0.867. The van der Waals surface area contributed by atoms with Crippen LogP contribution in [0.1, 0.15) is 57.8 Å². The van der Waals surface area contributed by atoms with E-state index >= 15 is 0 Å². The molecule has 0 aromatic rings. The lowest BCUT2D eigenvalue weighted by atomic mass is 9.88. The predicted octanol–water partition coefficient (Wildman–Crippen LogP) is 2.95. The van der Waals surface area contributed by atoms with Crippen molar-refractivity contribution in [3.63, 3.8) is 0 Å². The molecule has 1 atom stereocenters. The van der Waals surface area contributed by atoms with Gasteiger partial charge in [-0.2, -0.15) is 0 Å². The zero-order valence-electron chi connectivity index (χ0n) is 11.0. The van der Waals surface area contributed by atoms with Gasteiger partial charge in [-0.05, 0) is 25.2 Å². The summed E-state index contributed by atoms with van der Waals surface area (Å²) in [5.74, 6) is 3.65. The number of hydrogen-bond acceptors (Lipinski definition) is 2. The second kappa shape index (κ2) is 7.03. The van der Waals surface area contributed by atoms with Crippen LogP contribution in [0.4, 0.5) is 0 Å². The fourth-order valence-corrected chi connectivity index (χ4v) is 3.44. The number of nitrogens with one attached hydrogen (secondary N) is 1. The van der Waals surface area contributed by atoms with Crippen LogP contribution in [0.2, 0.25) is 0 Å². The molecule has 0 aromatic heterocycles. The molecule has 1 unspecified atom stereocenters. The maximum absolute atomic E-state index is 5.45. The van der Waals surface area contributed by atoms with Crippen LogP contribution >= 0.6 is 0 Å². The molecule has 1 aliphatic heterocycles. The molecule has 2 rings (SSSR count). The van der Waals surface area contributed by atoms with Crippen LogP contribution in [0.3, 0.4) is 0 Å². The van der Waals surface area contributed by atoms with Gasteiger partial charge < -0.3 is 0 Å². The van der Waals surface area contributed by atoms with Crippen LogP contribution in [0, 0.1) is 18.3 Å². The zero-order chi connectivity index (χ0) is 11.9. The Labute approximate surface area is 106 Å². The minimum atomic E-state index is 0.698. The maximum Gasteiger partial charge on any atom is 0.0743 e. The van der Waals surface area contributed by atoms with Crippen molar-refractivity contribution in [3.8, 4) is 12.3 Å². The van der Waals surface area contributed by atoms with E-state index in [0.29, 0.717) is 6.04 Å². The Bertz CT molecular complexity index is 246. The molecule has 1 saturated carbocycles. The molecule has 0 aromatic carbocycles. The molecule has 1 heterocycles. The largest absolute Gasteiger partial charge is 0.254 e. The summed E-state index contributed by atoms with van der Waals surface area (Å²) in [7, 11) is 0. The minimum Gasteiger partial charge on any atom is -0.254 e. The van der Waals surface area contributed by atoms with Crippen LogP contribution in [-0.2, 0) is 0 Å². The molecular formula is C15H26N2. The average Bonchev–Trinajstić information content (AvgIpc) is 2.81. The quantitative estimate of drug-likeness (QED) is 0.739. The number of hydrogen-bond donors (Lipinski definition) is 1. The van der Waals surface area contributed by atoms with Gasteiger partial charge in [-0.15, -0.1) is 6.42 Å². The van der Waals surface area contributed by atoms with Gasteiger partial charge in [0.25, 0.3) is 0 Å². The van der Waals surface area contributed by atoms with Crippen molar-refractivity contribution in [2.24, 2.45) is 5.92 Å². The highest BCUT2D eigenvalue weighted by molar-refractivity contribution is 4.93. The summed E-state index contributed by atoms with van der Waals surface area (Å²) >= 11 is 0. The molecular weight excluding hydrogens is 208 g/mol. The van der Waals surface area contributed by atoms with E-state index < -0.39 is 0 Å². The van der Waals surface area contributed by atoms with E-state index in [1.165, 1.54) is 57.8 Å². The van der Waals surface area contributed by atoms with Crippen LogP contribution < -0.4 is 5.43 Å². The first-order valence-electron chi connectivity index (χ1n) is 7.35. The molecule has 1 N–H and O–H groups in total. The zero-order valence-corrected chi connectivity index (χ0v) is 11.0. The van der Waals surface area contributed by atoms with E-state index in [4.69, 9.17) is 6.42 Å². The highest BCUT2D eigenvalue weighted by Gasteiger charge is 2.30. The Morgan fingerprint density at radius 2 is 1.65 bits per heavy atom. The van der Waals surface area contributed by atoms with Gasteiger partial charge in [-0.1, -0.05) is 44.4 Å². The maximum atomic E-state index is 5.45. The summed E-state index contributed by atoms with van der Waals surface area (Å²) in [4.78, 5) is 0. The lowest BCUT2D eigenvalue weighted by molar-refractivity contribution is 0.145. The summed E-state index contributed by atoms with van der Waals surface area (Å²) in [5, 5.41) is 2.32. The second-order valence-corrected chi connectivity index (χ2v) is 5.55. The topological polar surface area (TPSA) is 15.3 Å². The fourth-order valence-electron chi connectivity index (χ4n) is 3.44. The second-order valence-electron chi connectivity index (χ2n) is 5.55. The van der Waals surface area contributed by atoms with Crippen LogP contribution in [0.5, 0.6) is 0 Å². The smallest absolute Gasteiger partial charge is 0.0743 e. The lowest BCUT2D eigenvalue weighted by Gasteiger charge is -2.30.